The van der Waals surface area contributed by atoms with Crippen LogP contribution in [0.3, 0.4) is 0 Å². The van der Waals surface area contributed by atoms with E-state index in [2.05, 4.69) is 5.09 Å². The van der Waals surface area contributed by atoms with Crippen LogP contribution in [-0.4, -0.2) is 38.0 Å². The van der Waals surface area contributed by atoms with Gasteiger partial charge < -0.3 is 0 Å². The van der Waals surface area contributed by atoms with Crippen molar-refractivity contribution in [2.45, 2.75) is 43.9 Å². The fourth-order valence-electron chi connectivity index (χ4n) is 5.35. The molecule has 31 heavy (non-hydrogen) atoms. The summed E-state index contributed by atoms with van der Waals surface area (Å²) in [6, 6.07) is 19.1. The van der Waals surface area contributed by atoms with Gasteiger partial charge in [0.1, 0.15) is 0 Å². The van der Waals surface area contributed by atoms with E-state index in [1.54, 1.807) is 0 Å². The number of ether oxygens (including phenoxy) is 2. The third-order valence-corrected chi connectivity index (χ3v) is 12.3. The normalized spacial score (nSPS) is 25.8. The van der Waals surface area contributed by atoms with Gasteiger partial charge in [0.25, 0.3) is 0 Å². The Balaban J connectivity index is 1.97. The van der Waals surface area contributed by atoms with Crippen molar-refractivity contribution in [1.82, 2.24) is 5.09 Å². The number of amides is 1. The van der Waals surface area contributed by atoms with Gasteiger partial charge in [0.05, 0.1) is 0 Å². The van der Waals surface area contributed by atoms with Crippen LogP contribution in [-0.2, 0) is 18.8 Å². The zero-order chi connectivity index (χ0) is 21.9. The van der Waals surface area contributed by atoms with Crippen LogP contribution in [0.25, 0.3) is 0 Å². The van der Waals surface area contributed by atoms with Gasteiger partial charge >= 0.3 is 183 Å². The minimum atomic E-state index is -4.01. The van der Waals surface area contributed by atoms with E-state index in [0.29, 0.717) is 0 Å². The first-order chi connectivity index (χ1) is 15.1. The Morgan fingerprint density at radius 3 is 1.90 bits per heavy atom. The van der Waals surface area contributed by atoms with Gasteiger partial charge in [-0.3, -0.25) is 0 Å². The fourth-order valence-corrected chi connectivity index (χ4v) is 11.1. The number of esters is 1. The molecular weight excluding hydrogens is 413 g/mol. The summed E-state index contributed by atoms with van der Waals surface area (Å²) in [6.07, 6.45) is 4.52. The van der Waals surface area contributed by atoms with Crippen molar-refractivity contribution < 1.29 is 23.6 Å². The molecule has 0 spiro atoms. The van der Waals surface area contributed by atoms with Crippen molar-refractivity contribution in [2.24, 2.45) is 5.92 Å². The topological polar surface area (TPSA) is 73.9 Å². The van der Waals surface area contributed by atoms with Crippen LogP contribution in [0.2, 0.25) is 0 Å². The molecule has 166 valence electrons. The van der Waals surface area contributed by atoms with E-state index >= 15 is 0 Å². The molecule has 2 fully saturated rings. The maximum atomic E-state index is 13.4. The summed E-state index contributed by atoms with van der Waals surface area (Å²) >= 11 is 0. The molecule has 1 saturated carbocycles. The molecule has 7 heteroatoms. The molecule has 4 rings (SSSR count). The Morgan fingerprint density at radius 2 is 1.42 bits per heavy atom. The average molecular weight is 443 g/mol. The second-order valence-corrected chi connectivity index (χ2v) is 12.5. The molecular formula is C24H30NO5P. The third-order valence-electron chi connectivity index (χ3n) is 6.78. The van der Waals surface area contributed by atoms with Crippen LogP contribution in [0.1, 0.15) is 32.1 Å². The van der Waals surface area contributed by atoms with Crippen molar-refractivity contribution in [3.8, 4) is 0 Å². The van der Waals surface area contributed by atoms with E-state index in [9.17, 15) is 9.59 Å². The molecule has 2 unspecified atom stereocenters. The van der Waals surface area contributed by atoms with Gasteiger partial charge in [-0.25, -0.2) is 0 Å². The van der Waals surface area contributed by atoms with Gasteiger partial charge in [0.15, 0.2) is 0 Å². The van der Waals surface area contributed by atoms with Crippen LogP contribution in [0.5, 0.6) is 0 Å². The van der Waals surface area contributed by atoms with E-state index in [-0.39, 0.29) is 18.0 Å². The van der Waals surface area contributed by atoms with Crippen molar-refractivity contribution in [3.05, 3.63) is 60.7 Å². The molecule has 0 aromatic heterocycles. The summed E-state index contributed by atoms with van der Waals surface area (Å²) in [5, 5.41) is 4.68. The molecule has 0 radical (unpaired) electrons. The van der Waals surface area contributed by atoms with Crippen molar-refractivity contribution in [2.75, 3.05) is 14.2 Å². The summed E-state index contributed by atoms with van der Waals surface area (Å²) in [5.74, 6) is -0.108. The van der Waals surface area contributed by atoms with Crippen LogP contribution in [0, 0.1) is 5.92 Å². The first-order valence-electron chi connectivity index (χ1n) is 10.8. The molecule has 1 heterocycles. The molecule has 1 aliphatic heterocycles. The third kappa shape index (κ3) is 3.33. The standard InChI is InChI=1S/C24H30NO5P/c1-28-23(26)22-21(18-12-6-3-7-13-18)30-31(22,25-24(27)29-2,19-14-8-4-9-15-19)20-16-10-5-11-17-20/h4-5,8-11,14-18,21-22H,3,6-7,12-13H2,1-2H3,(H,25,27). The van der Waals surface area contributed by atoms with Gasteiger partial charge in [0, 0.05) is 0 Å². The van der Waals surface area contributed by atoms with Gasteiger partial charge in [-0.15, -0.1) is 0 Å². The van der Waals surface area contributed by atoms with Crippen LogP contribution >= 0.6 is 6.98 Å². The summed E-state index contributed by atoms with van der Waals surface area (Å²) in [4.78, 5) is 26.2. The Bertz CT molecular complexity index is 890. The van der Waals surface area contributed by atoms with E-state index < -0.39 is 18.7 Å². The van der Waals surface area contributed by atoms with Gasteiger partial charge in [-0.2, -0.15) is 0 Å². The molecule has 2 atom stereocenters. The summed E-state index contributed by atoms with van der Waals surface area (Å²) in [6.45, 7) is -4.01. The molecule has 6 nitrogen and oxygen atoms in total. The molecule has 1 amide bonds. The van der Waals surface area contributed by atoms with E-state index in [1.807, 2.05) is 60.7 Å². The van der Waals surface area contributed by atoms with Gasteiger partial charge in [-0.05, 0) is 0 Å². The molecule has 2 aliphatic rings. The second kappa shape index (κ2) is 8.60. The number of rotatable bonds is 5. The van der Waals surface area contributed by atoms with Crippen LogP contribution in [0.4, 0.5) is 4.79 Å². The summed E-state index contributed by atoms with van der Waals surface area (Å²) < 4.78 is 17.3. The maximum absolute atomic E-state index is 13.4. The number of methoxy groups -OCH3 is 2. The molecule has 0 bridgehead atoms. The zero-order valence-corrected chi connectivity index (χ0v) is 18.9. The summed E-state index contributed by atoms with van der Waals surface area (Å²) in [5.41, 5.74) is -0.636. The predicted molar refractivity (Wildman–Crippen MR) is 122 cm³/mol. The number of hydrogen-bond donors (Lipinski definition) is 1. The fraction of sp³-hybridized carbons (Fsp3) is 0.417. The Kier molecular flexibility index (Phi) is 6.05. The van der Waals surface area contributed by atoms with Crippen molar-refractivity contribution in [3.63, 3.8) is 0 Å². The zero-order valence-electron chi connectivity index (χ0n) is 18.0. The average Bonchev–Trinajstić information content (AvgIpc) is 2.83. The Labute approximate surface area is 183 Å². The predicted octanol–water partition coefficient (Wildman–Crippen LogP) is 3.90. The van der Waals surface area contributed by atoms with Crippen LogP contribution in [0.15, 0.2) is 60.7 Å². The molecule has 1 saturated heterocycles. The monoisotopic (exact) mass is 443 g/mol. The molecule has 2 aromatic carbocycles. The van der Waals surface area contributed by atoms with E-state index in [1.165, 1.54) is 20.6 Å². The summed E-state index contributed by atoms with van der Waals surface area (Å²) in [7, 11) is 2.72. The van der Waals surface area contributed by atoms with Crippen molar-refractivity contribution in [1.29, 1.82) is 0 Å². The van der Waals surface area contributed by atoms with Crippen molar-refractivity contribution >= 4 is 29.7 Å². The molecule has 1 aliphatic carbocycles. The Hall–Kier alpha value is -2.43. The Morgan fingerprint density at radius 1 is 0.871 bits per heavy atom. The number of carbonyl (C=O) groups is 2. The number of hydrogen-bond acceptors (Lipinski definition) is 5. The number of benzene rings is 2. The first-order valence-corrected chi connectivity index (χ1v) is 13.0. The van der Waals surface area contributed by atoms with Gasteiger partial charge in [-0.1, -0.05) is 0 Å². The van der Waals surface area contributed by atoms with E-state index in [0.717, 1.165) is 36.3 Å². The SMILES string of the molecule is COC(=O)NP1(c2ccccc2)(c2ccccc2)OC(C2CCCCC2)C1C(=O)OC. The second-order valence-electron chi connectivity index (χ2n) is 8.31. The van der Waals surface area contributed by atoms with Crippen LogP contribution < -0.4 is 15.7 Å². The van der Waals surface area contributed by atoms with Gasteiger partial charge in [0.2, 0.25) is 0 Å². The quantitative estimate of drug-likeness (QED) is 0.561. The molecule has 2 aromatic rings. The van der Waals surface area contributed by atoms with E-state index in [4.69, 9.17) is 14.0 Å². The first kappa shape index (κ1) is 21.8. The molecule has 1 N–H and O–H groups in total. The number of carbonyl (C=O) groups excluding carboxylic acids is 2. The number of nitrogens with one attached hydrogen (secondary N) is 1. The minimum absolute atomic E-state index is 0.250.